The van der Waals surface area contributed by atoms with Crippen molar-refractivity contribution >= 4 is 11.5 Å². The summed E-state index contributed by atoms with van der Waals surface area (Å²) in [6, 6.07) is 8.97. The molecule has 1 aromatic rings. The van der Waals surface area contributed by atoms with Crippen LogP contribution in [0, 0.1) is 29.1 Å². The van der Waals surface area contributed by atoms with Crippen LogP contribution >= 0.6 is 0 Å². The van der Waals surface area contributed by atoms with Gasteiger partial charge in [-0.25, -0.2) is 0 Å². The van der Waals surface area contributed by atoms with Crippen LogP contribution in [-0.4, -0.2) is 24.0 Å². The molecule has 3 nitrogen and oxygen atoms in total. The van der Waals surface area contributed by atoms with Gasteiger partial charge < -0.3 is 10.4 Å². The molecule has 28 heavy (non-hydrogen) atoms. The fourth-order valence-electron chi connectivity index (χ4n) is 7.52. The molecule has 4 aliphatic carbocycles. The highest BCUT2D eigenvalue weighted by molar-refractivity contribution is 5.91. The van der Waals surface area contributed by atoms with Gasteiger partial charge >= 0.3 is 0 Å². The van der Waals surface area contributed by atoms with E-state index in [1.54, 1.807) is 0 Å². The molecule has 0 aliphatic heterocycles. The highest BCUT2D eigenvalue weighted by atomic mass is 16.3. The number of anilines is 1. The van der Waals surface area contributed by atoms with Crippen LogP contribution in [0.3, 0.4) is 0 Å². The Hall–Kier alpha value is -1.61. The number of aliphatic hydroxyl groups is 1. The van der Waals surface area contributed by atoms with Crippen LogP contribution in [0.2, 0.25) is 0 Å². The van der Waals surface area contributed by atoms with Crippen LogP contribution in [0.4, 0.5) is 5.69 Å². The van der Waals surface area contributed by atoms with Crippen LogP contribution < -0.4 is 5.32 Å². The molecule has 2 N–H and O–H groups in total. The Labute approximate surface area is 168 Å². The Morgan fingerprint density at radius 2 is 1.82 bits per heavy atom. The van der Waals surface area contributed by atoms with Crippen molar-refractivity contribution < 1.29 is 9.90 Å². The van der Waals surface area contributed by atoms with Gasteiger partial charge in [-0.2, -0.15) is 0 Å². The van der Waals surface area contributed by atoms with Crippen LogP contribution in [0.15, 0.2) is 35.9 Å². The highest BCUT2D eigenvalue weighted by Gasteiger charge is 2.59. The third kappa shape index (κ3) is 2.69. The smallest absolute Gasteiger partial charge is 0.155 e. The molecule has 1 aromatic carbocycles. The summed E-state index contributed by atoms with van der Waals surface area (Å²) in [7, 11) is 1.96. The molecule has 3 fully saturated rings. The van der Waals surface area contributed by atoms with E-state index in [2.05, 4.69) is 36.5 Å². The SMILES string of the molecule is CNc1ccc([C@H]2C[C@@]3(C)C(CC[C@@H]3O)C3CCC4=CC(=O)CC[C@@H]4C32)cc1. The largest absolute Gasteiger partial charge is 0.393 e. The van der Waals surface area contributed by atoms with Gasteiger partial charge in [0, 0.05) is 19.2 Å². The van der Waals surface area contributed by atoms with Crippen LogP contribution in [0.5, 0.6) is 0 Å². The number of hydrogen-bond donors (Lipinski definition) is 2. The third-order valence-corrected chi connectivity index (χ3v) is 8.88. The van der Waals surface area contributed by atoms with Crippen molar-refractivity contribution in [2.45, 2.75) is 63.9 Å². The van der Waals surface area contributed by atoms with E-state index in [0.717, 1.165) is 31.4 Å². The summed E-state index contributed by atoms with van der Waals surface area (Å²) < 4.78 is 0. The lowest BCUT2D eigenvalue weighted by Crippen LogP contribution is -2.50. The summed E-state index contributed by atoms with van der Waals surface area (Å²) in [4.78, 5) is 12.1. The minimum absolute atomic E-state index is 0.0409. The first kappa shape index (κ1) is 18.4. The van der Waals surface area contributed by atoms with E-state index < -0.39 is 0 Å². The summed E-state index contributed by atoms with van der Waals surface area (Å²) in [6.45, 7) is 2.36. The minimum Gasteiger partial charge on any atom is -0.393 e. The van der Waals surface area contributed by atoms with Gasteiger partial charge in [0.25, 0.3) is 0 Å². The molecule has 5 rings (SSSR count). The van der Waals surface area contributed by atoms with E-state index in [0.29, 0.717) is 41.8 Å². The van der Waals surface area contributed by atoms with Gasteiger partial charge in [0.1, 0.15) is 0 Å². The Kier molecular flexibility index (Phi) is 4.42. The first-order valence-electron chi connectivity index (χ1n) is 11.2. The maximum atomic E-state index is 12.1. The first-order valence-corrected chi connectivity index (χ1v) is 11.2. The molecule has 150 valence electrons. The van der Waals surface area contributed by atoms with Crippen LogP contribution in [0.1, 0.15) is 63.4 Å². The number of ketones is 1. The zero-order valence-corrected chi connectivity index (χ0v) is 17.2. The monoisotopic (exact) mass is 379 g/mol. The number of carbonyl (C=O) groups is 1. The molecule has 0 radical (unpaired) electrons. The maximum absolute atomic E-state index is 12.1. The lowest BCUT2D eigenvalue weighted by molar-refractivity contribution is -0.116. The van der Waals surface area contributed by atoms with E-state index in [9.17, 15) is 9.90 Å². The Morgan fingerprint density at radius 3 is 2.57 bits per heavy atom. The average Bonchev–Trinajstić information content (AvgIpc) is 3.01. The Bertz CT molecular complexity index is 797. The van der Waals surface area contributed by atoms with Crippen molar-refractivity contribution in [3.63, 3.8) is 0 Å². The molecule has 3 saturated carbocycles. The molecular weight excluding hydrogens is 346 g/mol. The van der Waals surface area contributed by atoms with E-state index in [1.807, 2.05) is 13.1 Å². The van der Waals surface area contributed by atoms with Crippen molar-refractivity contribution in [3.8, 4) is 0 Å². The average molecular weight is 380 g/mol. The molecule has 0 amide bonds. The summed E-state index contributed by atoms with van der Waals surface area (Å²) in [5.41, 5.74) is 4.04. The lowest BCUT2D eigenvalue weighted by atomic mass is 9.48. The van der Waals surface area contributed by atoms with Crippen molar-refractivity contribution in [1.82, 2.24) is 0 Å². The highest BCUT2D eigenvalue weighted by Crippen LogP contribution is 2.65. The second-order valence-corrected chi connectivity index (χ2v) is 10.00. The van der Waals surface area contributed by atoms with Gasteiger partial charge in [0.2, 0.25) is 0 Å². The molecule has 0 saturated heterocycles. The van der Waals surface area contributed by atoms with Gasteiger partial charge in [-0.3, -0.25) is 4.79 Å². The zero-order chi connectivity index (χ0) is 19.5. The number of aliphatic hydroxyl groups excluding tert-OH is 1. The molecule has 0 aromatic heterocycles. The fraction of sp³-hybridized carbons (Fsp3) is 0.640. The Balaban J connectivity index is 1.58. The Morgan fingerprint density at radius 1 is 1.04 bits per heavy atom. The predicted octanol–water partition coefficient (Wildman–Crippen LogP) is 4.92. The normalized spacial score (nSPS) is 42.2. The van der Waals surface area contributed by atoms with Gasteiger partial charge in [-0.05, 0) is 97.3 Å². The second-order valence-electron chi connectivity index (χ2n) is 10.00. The number of rotatable bonds is 2. The van der Waals surface area contributed by atoms with Crippen molar-refractivity contribution in [2.24, 2.45) is 29.1 Å². The molecule has 0 spiro atoms. The molecule has 0 bridgehead atoms. The summed E-state index contributed by atoms with van der Waals surface area (Å²) >= 11 is 0. The molecule has 3 heteroatoms. The number of carbonyl (C=O) groups excluding carboxylic acids is 1. The van der Waals surface area contributed by atoms with Crippen molar-refractivity contribution in [2.75, 3.05) is 12.4 Å². The number of hydrogen-bond acceptors (Lipinski definition) is 3. The predicted molar refractivity (Wildman–Crippen MR) is 112 cm³/mol. The van der Waals surface area contributed by atoms with E-state index in [4.69, 9.17) is 0 Å². The molecule has 7 atom stereocenters. The van der Waals surface area contributed by atoms with Crippen molar-refractivity contribution in [1.29, 1.82) is 0 Å². The van der Waals surface area contributed by atoms with Crippen LogP contribution in [0.25, 0.3) is 0 Å². The van der Waals surface area contributed by atoms with Gasteiger partial charge in [-0.15, -0.1) is 0 Å². The number of nitrogens with one attached hydrogen (secondary N) is 1. The van der Waals surface area contributed by atoms with Gasteiger partial charge in [-0.1, -0.05) is 24.6 Å². The van der Waals surface area contributed by atoms with E-state index in [-0.39, 0.29) is 11.5 Å². The van der Waals surface area contributed by atoms with Gasteiger partial charge in [0.05, 0.1) is 6.10 Å². The first-order chi connectivity index (χ1) is 13.5. The fourth-order valence-corrected chi connectivity index (χ4v) is 7.52. The maximum Gasteiger partial charge on any atom is 0.155 e. The number of fused-ring (bicyclic) bond motifs is 5. The van der Waals surface area contributed by atoms with E-state index in [1.165, 1.54) is 24.0 Å². The second kappa shape index (κ2) is 6.73. The quantitative estimate of drug-likeness (QED) is 0.766. The van der Waals surface area contributed by atoms with E-state index >= 15 is 0 Å². The summed E-state index contributed by atoms with van der Waals surface area (Å²) in [5.74, 6) is 3.31. The van der Waals surface area contributed by atoms with Crippen LogP contribution in [-0.2, 0) is 4.79 Å². The van der Waals surface area contributed by atoms with Gasteiger partial charge in [0.15, 0.2) is 5.78 Å². The minimum atomic E-state index is -0.164. The lowest BCUT2D eigenvalue weighted by Gasteiger charge is -2.57. The zero-order valence-electron chi connectivity index (χ0n) is 17.2. The van der Waals surface area contributed by atoms with Crippen molar-refractivity contribution in [3.05, 3.63) is 41.5 Å². The molecule has 3 unspecified atom stereocenters. The summed E-state index contributed by atoms with van der Waals surface area (Å²) in [6.07, 6.45) is 9.07. The number of allylic oxidation sites excluding steroid dienone is 1. The molecule has 4 aliphatic rings. The molecule has 0 heterocycles. The third-order valence-electron chi connectivity index (χ3n) is 8.88. The molecular formula is C25H33NO2. The topological polar surface area (TPSA) is 49.3 Å². The standard InChI is InChI=1S/C25H33NO2/c1-25-14-21(15-3-6-17(26-2)7-4-15)24-19-10-8-18(27)13-16(19)5-9-20(24)22(25)11-12-23(25)28/h3-4,6-7,13,19-24,26,28H,5,8-12,14H2,1-2H3/t19-,20?,21+,22?,23-,24?,25-/m0/s1. The number of benzene rings is 1. The summed E-state index contributed by atoms with van der Waals surface area (Å²) in [5, 5.41) is 14.2.